The van der Waals surface area contributed by atoms with Gasteiger partial charge in [-0.3, -0.25) is 4.90 Å². The van der Waals surface area contributed by atoms with Gasteiger partial charge < -0.3 is 4.74 Å². The molecular formula is C20H21ClN3O5S+. The van der Waals surface area contributed by atoms with E-state index in [0.717, 1.165) is 16.8 Å². The van der Waals surface area contributed by atoms with Crippen molar-refractivity contribution >= 4 is 39.1 Å². The zero-order valence-corrected chi connectivity index (χ0v) is 17.9. The van der Waals surface area contributed by atoms with Gasteiger partial charge in [-0.05, 0) is 37.5 Å². The molecule has 158 valence electrons. The van der Waals surface area contributed by atoms with Gasteiger partial charge in [-0.25, -0.2) is 13.2 Å². The standard InChI is InChI=1S/C20H20ClN3O5S/c1-13-3-2-4-14-12-29-20(25)24(19(13)14)15-7-9-23(10-8-15)30(27,28)16-5-6-17(21)18(11-16)22-26/h2-6,11,15H,7-10,12H2,1H3/p+1. The zero-order chi connectivity index (χ0) is 21.5. The van der Waals surface area contributed by atoms with E-state index in [0.29, 0.717) is 12.8 Å². The lowest BCUT2D eigenvalue weighted by Crippen LogP contribution is -2.56. The first-order valence-corrected chi connectivity index (χ1v) is 11.4. The van der Waals surface area contributed by atoms with E-state index in [-0.39, 0.29) is 41.3 Å². The molecule has 0 bridgehead atoms. The van der Waals surface area contributed by atoms with Crippen LogP contribution in [0, 0.1) is 11.8 Å². The minimum atomic E-state index is -3.79. The molecule has 0 radical (unpaired) electrons. The first kappa shape index (κ1) is 20.8. The Labute approximate surface area is 179 Å². The van der Waals surface area contributed by atoms with E-state index in [9.17, 15) is 18.1 Å². The van der Waals surface area contributed by atoms with Crippen molar-refractivity contribution in [2.75, 3.05) is 18.0 Å². The van der Waals surface area contributed by atoms with E-state index in [1.165, 1.54) is 22.5 Å². The maximum Gasteiger partial charge on any atom is 0.414 e. The number of sulfonamides is 1. The Morgan fingerprint density at radius 3 is 2.60 bits per heavy atom. The lowest BCUT2D eigenvalue weighted by atomic mass is 10.00. The number of anilines is 1. The quantitative estimate of drug-likeness (QED) is 0.771. The lowest BCUT2D eigenvalue weighted by molar-refractivity contribution is -0.379. The second-order valence-electron chi connectivity index (χ2n) is 7.39. The maximum absolute atomic E-state index is 13.0. The van der Waals surface area contributed by atoms with Crippen LogP contribution in [0.3, 0.4) is 0 Å². The number of ether oxygens (including phenoxy) is 1. The number of nitrogens with one attached hydrogen (secondary N) is 1. The highest BCUT2D eigenvalue weighted by Gasteiger charge is 2.38. The number of carbonyl (C=O) groups excluding carboxylic acids is 1. The molecule has 2 heterocycles. The van der Waals surface area contributed by atoms with Crippen molar-refractivity contribution < 1.29 is 23.1 Å². The molecule has 2 aromatic carbocycles. The molecule has 8 nitrogen and oxygen atoms in total. The summed E-state index contributed by atoms with van der Waals surface area (Å²) in [6.45, 7) is 2.69. The molecule has 2 aliphatic rings. The average Bonchev–Trinajstić information content (AvgIpc) is 2.74. The molecule has 2 aromatic rings. The van der Waals surface area contributed by atoms with Crippen molar-refractivity contribution in [2.45, 2.75) is 37.3 Å². The number of fused-ring (bicyclic) bond motifs is 1. The third-order valence-corrected chi connectivity index (χ3v) is 7.81. The highest BCUT2D eigenvalue weighted by molar-refractivity contribution is 7.89. The van der Waals surface area contributed by atoms with Crippen molar-refractivity contribution in [3.05, 3.63) is 57.5 Å². The molecule has 1 saturated heterocycles. The number of hydrogen-bond donors (Lipinski definition) is 1. The van der Waals surface area contributed by atoms with Gasteiger partial charge in [0, 0.05) is 40.8 Å². The first-order chi connectivity index (χ1) is 14.3. The van der Waals surface area contributed by atoms with Crippen LogP contribution in [0.25, 0.3) is 0 Å². The molecule has 10 heteroatoms. The summed E-state index contributed by atoms with van der Waals surface area (Å²) in [5.41, 5.74) is 2.80. The molecule has 1 N–H and O–H groups in total. The number of halogens is 1. The molecular weight excluding hydrogens is 430 g/mol. The van der Waals surface area contributed by atoms with E-state index >= 15 is 0 Å². The molecule has 1 fully saturated rings. The number of amides is 1. The van der Waals surface area contributed by atoms with Crippen LogP contribution in [-0.2, 0) is 21.4 Å². The number of carbonyl (C=O) groups is 1. The number of cyclic esters (lactones) is 1. The molecule has 30 heavy (non-hydrogen) atoms. The first-order valence-electron chi connectivity index (χ1n) is 9.55. The van der Waals surface area contributed by atoms with E-state index in [4.69, 9.17) is 16.3 Å². The summed E-state index contributed by atoms with van der Waals surface area (Å²) in [6.07, 6.45) is 0.548. The second-order valence-corrected chi connectivity index (χ2v) is 9.73. The predicted octanol–water partition coefficient (Wildman–Crippen LogP) is 2.44. The molecule has 2 aliphatic heterocycles. The van der Waals surface area contributed by atoms with Gasteiger partial charge in [0.1, 0.15) is 11.6 Å². The van der Waals surface area contributed by atoms with Gasteiger partial charge >= 0.3 is 6.09 Å². The highest BCUT2D eigenvalue weighted by atomic mass is 35.5. The number of nitrogens with zero attached hydrogens (tertiary/aromatic N) is 2. The van der Waals surface area contributed by atoms with Crippen LogP contribution in [0.2, 0.25) is 5.02 Å². The van der Waals surface area contributed by atoms with E-state index in [1.54, 1.807) is 10.1 Å². The second kappa shape index (κ2) is 7.98. The van der Waals surface area contributed by atoms with E-state index in [2.05, 4.69) is 0 Å². The number of nitroso groups, excluding NO2 is 1. The Morgan fingerprint density at radius 1 is 1.17 bits per heavy atom. The van der Waals surface area contributed by atoms with Crippen LogP contribution >= 0.6 is 11.6 Å². The van der Waals surface area contributed by atoms with Gasteiger partial charge in [0.15, 0.2) is 0 Å². The fraction of sp³-hybridized carbons (Fsp3) is 0.350. The number of piperidine rings is 1. The average molecular weight is 451 g/mol. The largest absolute Gasteiger partial charge is 0.444 e. The summed E-state index contributed by atoms with van der Waals surface area (Å²) in [5.74, 6) is 0. The molecule has 0 spiro atoms. The normalized spacial score (nSPS) is 18.1. The van der Waals surface area contributed by atoms with Gasteiger partial charge in [0.2, 0.25) is 10.0 Å². The molecule has 0 unspecified atom stereocenters. The van der Waals surface area contributed by atoms with Gasteiger partial charge in [-0.15, -0.1) is 0 Å². The van der Waals surface area contributed by atoms with Gasteiger partial charge in [-0.2, -0.15) is 4.31 Å². The van der Waals surface area contributed by atoms with Crippen molar-refractivity contribution in [2.24, 2.45) is 0 Å². The maximum atomic E-state index is 13.0. The topological polar surface area (TPSA) is 98.0 Å². The zero-order valence-electron chi connectivity index (χ0n) is 16.3. The van der Waals surface area contributed by atoms with Crippen LogP contribution in [0.15, 0.2) is 41.3 Å². The number of rotatable bonds is 4. The Kier molecular flexibility index (Phi) is 5.52. The van der Waals surface area contributed by atoms with Gasteiger partial charge in [-0.1, -0.05) is 29.8 Å². The van der Waals surface area contributed by atoms with Crippen molar-refractivity contribution in [3.8, 4) is 0 Å². The summed E-state index contributed by atoms with van der Waals surface area (Å²) in [5, 5.41) is 1.81. The van der Waals surface area contributed by atoms with Crippen LogP contribution in [0.1, 0.15) is 24.0 Å². The van der Waals surface area contributed by atoms with Gasteiger partial charge in [0.25, 0.3) is 5.69 Å². The number of hydrogen-bond acceptors (Lipinski definition) is 5. The van der Waals surface area contributed by atoms with Crippen LogP contribution in [0.4, 0.5) is 16.2 Å². The fourth-order valence-electron chi connectivity index (χ4n) is 4.05. The molecule has 4 rings (SSSR count). The number of para-hydroxylation sites is 1. The van der Waals surface area contributed by atoms with Crippen LogP contribution in [0.5, 0.6) is 0 Å². The predicted molar refractivity (Wildman–Crippen MR) is 111 cm³/mol. The van der Waals surface area contributed by atoms with Gasteiger partial charge in [0.05, 0.1) is 10.6 Å². The van der Waals surface area contributed by atoms with Crippen molar-refractivity contribution in [3.63, 3.8) is 0 Å². The minimum absolute atomic E-state index is 0.00210. The SMILES string of the molecule is Cc1cccc2c1N(C1CCN(S(=O)(=O)c3ccc(Cl)c([NH+]=O)c3)CC1)C(=O)OC2. The molecule has 0 atom stereocenters. The van der Waals surface area contributed by atoms with Crippen molar-refractivity contribution in [1.82, 2.24) is 4.31 Å². The number of aryl methyl sites for hydroxylation is 1. The highest BCUT2D eigenvalue weighted by Crippen LogP contribution is 2.35. The smallest absolute Gasteiger partial charge is 0.414 e. The van der Waals surface area contributed by atoms with Crippen LogP contribution < -0.4 is 10.1 Å². The molecule has 1 amide bonds. The summed E-state index contributed by atoms with van der Waals surface area (Å²) >= 11 is 5.88. The summed E-state index contributed by atoms with van der Waals surface area (Å²) in [6, 6.07) is 9.65. The summed E-state index contributed by atoms with van der Waals surface area (Å²) < 4.78 is 32.7. The third kappa shape index (κ3) is 3.57. The summed E-state index contributed by atoms with van der Waals surface area (Å²) in [4.78, 5) is 25.2. The van der Waals surface area contributed by atoms with Crippen molar-refractivity contribution in [1.29, 1.82) is 0 Å². The molecule has 0 saturated carbocycles. The van der Waals surface area contributed by atoms with Crippen LogP contribution in [-0.4, -0.2) is 37.9 Å². The number of benzene rings is 2. The third-order valence-electron chi connectivity index (χ3n) is 5.58. The Bertz CT molecular complexity index is 1110. The Morgan fingerprint density at radius 2 is 1.90 bits per heavy atom. The molecule has 0 aliphatic carbocycles. The Balaban J connectivity index is 1.55. The fourth-order valence-corrected chi connectivity index (χ4v) is 5.70. The van der Waals surface area contributed by atoms with E-state index in [1.807, 2.05) is 25.1 Å². The lowest BCUT2D eigenvalue weighted by Gasteiger charge is -2.40. The van der Waals surface area contributed by atoms with E-state index < -0.39 is 16.1 Å². The molecule has 0 aromatic heterocycles. The monoisotopic (exact) mass is 450 g/mol. The Hall–Kier alpha value is -2.49. The minimum Gasteiger partial charge on any atom is -0.444 e. The summed E-state index contributed by atoms with van der Waals surface area (Å²) in [7, 11) is -3.79.